The molecule has 2 saturated carbocycles. The number of rotatable bonds is 6. The lowest BCUT2D eigenvalue weighted by molar-refractivity contribution is 0.0700. The van der Waals surface area contributed by atoms with Crippen molar-refractivity contribution in [3.8, 4) is 34.3 Å². The minimum absolute atomic E-state index is 0.00299. The molecule has 2 bridgehead atoms. The zero-order valence-electron chi connectivity index (χ0n) is 24.7. The molecule has 2 unspecified atom stereocenters. The third-order valence-electron chi connectivity index (χ3n) is 9.93. The summed E-state index contributed by atoms with van der Waals surface area (Å²) in [6.45, 7) is 3.46. The molecule has 2 aromatic carbocycles. The lowest BCUT2D eigenvalue weighted by atomic mass is 10.1. The van der Waals surface area contributed by atoms with E-state index in [-0.39, 0.29) is 23.7 Å². The van der Waals surface area contributed by atoms with E-state index in [4.69, 9.17) is 20.4 Å². The second kappa shape index (κ2) is 9.57. The number of amides is 1. The molecule has 3 fully saturated rings. The highest BCUT2D eigenvalue weighted by Crippen LogP contribution is 2.40. The molecule has 5 aromatic rings. The van der Waals surface area contributed by atoms with E-state index in [9.17, 15) is 9.90 Å². The number of methoxy groups -OCH3 is 1. The van der Waals surface area contributed by atoms with Gasteiger partial charge in [-0.1, -0.05) is 12.1 Å². The summed E-state index contributed by atoms with van der Waals surface area (Å²) in [5.74, 6) is 2.68. The van der Waals surface area contributed by atoms with Crippen molar-refractivity contribution in [2.24, 2.45) is 24.6 Å². The highest BCUT2D eigenvalue weighted by Gasteiger charge is 2.47. The minimum Gasteiger partial charge on any atom is -0.508 e. The van der Waals surface area contributed by atoms with Gasteiger partial charge in [-0.15, -0.1) is 0 Å². The summed E-state index contributed by atoms with van der Waals surface area (Å²) in [5, 5.41) is 11.4. The van der Waals surface area contributed by atoms with Crippen molar-refractivity contribution in [1.29, 1.82) is 0 Å². The quantitative estimate of drug-likeness (QED) is 0.286. The number of aryl methyl sites for hydroxylation is 2. The standard InChI is InChI=1S/C34H36N6O3/c1-18-4-7-20(14-28(18)41)24-10-8-21-13-27(39(32(21)36-24)16-19-5-6-19)33-37-25-12-23(15-29(43-3)31(25)38(33)2)34(42)40-17-22-9-11-26(40)30(22)35/h4,7-8,10,12-15,19,22,26,30,41H,5-6,9,11,16-17,35H2,1-3H3/t22?,26?,30-/m1/s1. The third kappa shape index (κ3) is 4.12. The predicted molar refractivity (Wildman–Crippen MR) is 166 cm³/mol. The maximum atomic E-state index is 13.7. The van der Waals surface area contributed by atoms with Gasteiger partial charge in [0.15, 0.2) is 5.82 Å². The Morgan fingerprint density at radius 2 is 1.91 bits per heavy atom. The number of phenols is 1. The fraction of sp³-hybridized carbons (Fsp3) is 0.382. The van der Waals surface area contributed by atoms with Crippen LogP contribution in [0.4, 0.5) is 0 Å². The lowest BCUT2D eigenvalue weighted by Gasteiger charge is -2.27. The number of fused-ring (bicyclic) bond motifs is 4. The van der Waals surface area contributed by atoms with Gasteiger partial charge < -0.3 is 29.6 Å². The molecule has 43 heavy (non-hydrogen) atoms. The molecule has 9 heteroatoms. The van der Waals surface area contributed by atoms with Crippen LogP contribution in [0.25, 0.3) is 44.8 Å². The molecule has 4 heterocycles. The van der Waals surface area contributed by atoms with Gasteiger partial charge in [-0.05, 0) is 86.4 Å². The topological polar surface area (TPSA) is 111 Å². The molecule has 1 amide bonds. The fourth-order valence-corrected chi connectivity index (χ4v) is 7.25. The van der Waals surface area contributed by atoms with E-state index in [1.54, 1.807) is 13.2 Å². The summed E-state index contributed by atoms with van der Waals surface area (Å²) in [7, 11) is 3.64. The van der Waals surface area contributed by atoms with Crippen LogP contribution in [0.5, 0.6) is 11.5 Å². The number of carbonyl (C=O) groups is 1. The molecule has 0 spiro atoms. The average Bonchev–Trinajstić information content (AvgIpc) is 3.42. The van der Waals surface area contributed by atoms with Crippen LogP contribution in [-0.2, 0) is 13.6 Å². The first-order chi connectivity index (χ1) is 20.8. The number of likely N-dealkylation sites (tertiary alicyclic amines) is 1. The Morgan fingerprint density at radius 1 is 1.07 bits per heavy atom. The smallest absolute Gasteiger partial charge is 0.254 e. The van der Waals surface area contributed by atoms with Crippen molar-refractivity contribution in [2.45, 2.75) is 51.2 Å². The van der Waals surface area contributed by atoms with E-state index in [0.717, 1.165) is 76.3 Å². The van der Waals surface area contributed by atoms with Gasteiger partial charge in [0.1, 0.15) is 22.7 Å². The van der Waals surface area contributed by atoms with E-state index < -0.39 is 0 Å². The van der Waals surface area contributed by atoms with Crippen molar-refractivity contribution in [3.63, 3.8) is 0 Å². The van der Waals surface area contributed by atoms with Crippen molar-refractivity contribution in [3.05, 3.63) is 59.7 Å². The Hall–Kier alpha value is -4.37. The molecular formula is C34H36N6O3. The molecule has 3 aromatic heterocycles. The number of phenolic OH excluding ortho intramolecular Hbond substituents is 1. The number of imidazole rings is 1. The van der Waals surface area contributed by atoms with Crippen LogP contribution >= 0.6 is 0 Å². The van der Waals surface area contributed by atoms with Crippen LogP contribution in [0.3, 0.4) is 0 Å². The van der Waals surface area contributed by atoms with Crippen LogP contribution in [0.15, 0.2) is 48.5 Å². The predicted octanol–water partition coefficient (Wildman–Crippen LogP) is 5.25. The summed E-state index contributed by atoms with van der Waals surface area (Å²) in [4.78, 5) is 25.9. The Kier molecular flexibility index (Phi) is 5.85. The Bertz CT molecular complexity index is 1940. The molecule has 3 aliphatic rings. The van der Waals surface area contributed by atoms with Gasteiger partial charge >= 0.3 is 0 Å². The normalized spacial score (nSPS) is 21.4. The van der Waals surface area contributed by atoms with Crippen LogP contribution in [0, 0.1) is 18.8 Å². The Morgan fingerprint density at radius 3 is 2.60 bits per heavy atom. The molecular weight excluding hydrogens is 540 g/mol. The largest absolute Gasteiger partial charge is 0.508 e. The van der Waals surface area contributed by atoms with Crippen LogP contribution in [0.2, 0.25) is 0 Å². The van der Waals surface area contributed by atoms with Gasteiger partial charge in [-0.3, -0.25) is 4.79 Å². The second-order valence-corrected chi connectivity index (χ2v) is 12.7. The third-order valence-corrected chi connectivity index (χ3v) is 9.93. The number of nitrogens with zero attached hydrogens (tertiary/aromatic N) is 5. The van der Waals surface area contributed by atoms with E-state index in [2.05, 4.69) is 21.3 Å². The van der Waals surface area contributed by atoms with Crippen molar-refractivity contribution < 1.29 is 14.6 Å². The van der Waals surface area contributed by atoms with E-state index in [1.165, 1.54) is 12.8 Å². The van der Waals surface area contributed by atoms with Gasteiger partial charge in [0.2, 0.25) is 0 Å². The average molecular weight is 577 g/mol. The summed E-state index contributed by atoms with van der Waals surface area (Å²) in [6, 6.07) is 15.9. The first kappa shape index (κ1) is 26.3. The van der Waals surface area contributed by atoms with E-state index >= 15 is 0 Å². The SMILES string of the molecule is COc1cc(C(=O)N2CC3CCC2[C@@H]3N)cc2nc(-c3cc4ccc(-c5ccc(C)c(O)c5)nc4n3CC3CC3)n(C)c12. The first-order valence-electron chi connectivity index (χ1n) is 15.2. The molecule has 0 radical (unpaired) electrons. The van der Waals surface area contributed by atoms with Gasteiger partial charge in [0.25, 0.3) is 5.91 Å². The highest BCUT2D eigenvalue weighted by atomic mass is 16.5. The Labute approximate surface area is 249 Å². The first-order valence-corrected chi connectivity index (χ1v) is 15.2. The maximum Gasteiger partial charge on any atom is 0.254 e. The molecule has 3 N–H and O–H groups in total. The molecule has 2 aliphatic carbocycles. The molecule has 220 valence electrons. The van der Waals surface area contributed by atoms with Gasteiger partial charge in [-0.2, -0.15) is 0 Å². The van der Waals surface area contributed by atoms with Crippen LogP contribution in [-0.4, -0.2) is 60.8 Å². The molecule has 8 rings (SSSR count). The van der Waals surface area contributed by atoms with Gasteiger partial charge in [-0.25, -0.2) is 9.97 Å². The maximum absolute atomic E-state index is 13.7. The zero-order chi connectivity index (χ0) is 29.6. The fourth-order valence-electron chi connectivity index (χ4n) is 7.25. The number of hydrogen-bond donors (Lipinski definition) is 2. The van der Waals surface area contributed by atoms with Crippen LogP contribution < -0.4 is 10.5 Å². The molecule has 9 nitrogen and oxygen atoms in total. The molecule has 1 aliphatic heterocycles. The number of aromatic nitrogens is 4. The van der Waals surface area contributed by atoms with Gasteiger partial charge in [0, 0.05) is 48.7 Å². The summed E-state index contributed by atoms with van der Waals surface area (Å²) >= 11 is 0. The number of benzene rings is 2. The number of aromatic hydroxyl groups is 1. The van der Waals surface area contributed by atoms with Crippen molar-refractivity contribution in [1.82, 2.24) is 24.0 Å². The number of pyridine rings is 1. The zero-order valence-corrected chi connectivity index (χ0v) is 24.7. The number of nitrogens with two attached hydrogens (primary N) is 1. The van der Waals surface area contributed by atoms with Crippen molar-refractivity contribution >= 4 is 28.0 Å². The molecule has 1 saturated heterocycles. The highest BCUT2D eigenvalue weighted by molar-refractivity contribution is 6.00. The summed E-state index contributed by atoms with van der Waals surface area (Å²) in [5.41, 5.74) is 13.0. The summed E-state index contributed by atoms with van der Waals surface area (Å²) < 4.78 is 10.2. The number of piperidine rings is 1. The number of ether oxygens (including phenoxy) is 1. The Balaban J connectivity index is 1.24. The summed E-state index contributed by atoms with van der Waals surface area (Å²) in [6.07, 6.45) is 4.47. The number of hydrogen-bond acceptors (Lipinski definition) is 6. The molecule has 3 atom stereocenters. The van der Waals surface area contributed by atoms with E-state index in [1.807, 2.05) is 49.2 Å². The minimum atomic E-state index is -0.00299. The van der Waals surface area contributed by atoms with Crippen molar-refractivity contribution in [2.75, 3.05) is 13.7 Å². The monoisotopic (exact) mass is 576 g/mol. The van der Waals surface area contributed by atoms with Crippen LogP contribution in [0.1, 0.15) is 41.6 Å². The second-order valence-electron chi connectivity index (χ2n) is 12.7. The number of carbonyl (C=O) groups excluding carboxylic acids is 1. The van der Waals surface area contributed by atoms with Gasteiger partial charge in [0.05, 0.1) is 24.0 Å². The van der Waals surface area contributed by atoms with E-state index in [0.29, 0.717) is 23.1 Å². The lowest BCUT2D eigenvalue weighted by Crippen LogP contribution is -2.41.